The van der Waals surface area contributed by atoms with E-state index in [1.54, 1.807) is 6.07 Å². The number of urea groups is 1. The fraction of sp³-hybridized carbons (Fsp3) is 0.480. The predicted molar refractivity (Wildman–Crippen MR) is 139 cm³/mol. The van der Waals surface area contributed by atoms with Crippen LogP contribution in [0.3, 0.4) is 0 Å². The fourth-order valence-corrected chi connectivity index (χ4v) is 4.10. The van der Waals surface area contributed by atoms with Crippen molar-refractivity contribution in [1.82, 2.24) is 20.9 Å². The molecule has 2 rings (SSSR count). The molecule has 0 saturated heterocycles. The maximum atomic E-state index is 13.1. The first kappa shape index (κ1) is 27.3. The Morgan fingerprint density at radius 1 is 1.06 bits per heavy atom. The molecule has 0 aliphatic carbocycles. The third-order valence-corrected chi connectivity index (χ3v) is 6.56. The van der Waals surface area contributed by atoms with E-state index < -0.39 is 6.04 Å². The molecular formula is C25H37N5O3S. The number of nitrogens with zero attached hydrogens (tertiary/aromatic N) is 1. The second kappa shape index (κ2) is 13.7. The van der Waals surface area contributed by atoms with E-state index in [9.17, 15) is 14.4 Å². The molecule has 0 bridgehead atoms. The smallest absolute Gasteiger partial charge is 0.314 e. The number of carbonyl (C=O) groups excluding carboxylic acids is 3. The molecule has 1 atom stereocenters. The van der Waals surface area contributed by atoms with Gasteiger partial charge in [-0.15, -0.1) is 11.3 Å². The quantitative estimate of drug-likeness (QED) is 0.369. The van der Waals surface area contributed by atoms with Gasteiger partial charge in [-0.2, -0.15) is 0 Å². The fourth-order valence-electron chi connectivity index (χ4n) is 3.33. The molecule has 4 amide bonds. The summed E-state index contributed by atoms with van der Waals surface area (Å²) in [6, 6.07) is 8.37. The Morgan fingerprint density at radius 2 is 1.82 bits per heavy atom. The summed E-state index contributed by atoms with van der Waals surface area (Å²) < 4.78 is 0. The van der Waals surface area contributed by atoms with E-state index in [4.69, 9.17) is 0 Å². The number of carbonyl (C=O) groups is 3. The number of rotatable bonds is 12. The Bertz CT molecular complexity index is 975. The van der Waals surface area contributed by atoms with Gasteiger partial charge in [0.05, 0.1) is 4.88 Å². The molecule has 4 N–H and O–H groups in total. The number of benzene rings is 1. The van der Waals surface area contributed by atoms with E-state index in [-0.39, 0.29) is 30.8 Å². The standard InChI is InChI=1S/C25H37N5O3S/c1-6-26-25(33)27-14-12-21(29-24(32)22-11-9-18(4)34-22)23(31)28-20-10-8-17(3)19(16-20)13-15-30(5)7-2/h8-11,16,21H,6-7,12-15H2,1-5H3,(H,28,31)(H,29,32)(H2,26,27,33)/t21-/m1/s1. The van der Waals surface area contributed by atoms with Crippen molar-refractivity contribution < 1.29 is 14.4 Å². The van der Waals surface area contributed by atoms with E-state index in [2.05, 4.69) is 47.1 Å². The molecule has 0 fully saturated rings. The Balaban J connectivity index is 2.10. The zero-order valence-electron chi connectivity index (χ0n) is 20.8. The highest BCUT2D eigenvalue weighted by Crippen LogP contribution is 2.18. The minimum absolute atomic E-state index is 0.246. The molecule has 186 valence electrons. The highest BCUT2D eigenvalue weighted by atomic mass is 32.1. The van der Waals surface area contributed by atoms with Gasteiger partial charge in [-0.3, -0.25) is 9.59 Å². The van der Waals surface area contributed by atoms with Crippen LogP contribution < -0.4 is 21.3 Å². The average molecular weight is 488 g/mol. The monoisotopic (exact) mass is 487 g/mol. The van der Waals surface area contributed by atoms with Gasteiger partial charge < -0.3 is 26.2 Å². The number of amides is 4. The second-order valence-electron chi connectivity index (χ2n) is 8.29. The number of hydrogen-bond donors (Lipinski definition) is 4. The number of likely N-dealkylation sites (N-methyl/N-ethyl adjacent to an activating group) is 1. The number of aryl methyl sites for hydroxylation is 2. The van der Waals surface area contributed by atoms with E-state index in [1.807, 2.05) is 38.1 Å². The number of thiophene rings is 1. The number of hydrogen-bond acceptors (Lipinski definition) is 5. The SMILES string of the molecule is CCNC(=O)NCC[C@@H](NC(=O)c1ccc(C)s1)C(=O)Nc1ccc(C)c(CCN(C)CC)c1. The van der Waals surface area contributed by atoms with Gasteiger partial charge >= 0.3 is 6.03 Å². The molecule has 0 aliphatic rings. The van der Waals surface area contributed by atoms with E-state index in [1.165, 1.54) is 22.5 Å². The summed E-state index contributed by atoms with van der Waals surface area (Å²) in [6.45, 7) is 10.6. The normalized spacial score (nSPS) is 11.7. The van der Waals surface area contributed by atoms with Gasteiger partial charge in [0.15, 0.2) is 0 Å². The van der Waals surface area contributed by atoms with Crippen LogP contribution in [-0.4, -0.2) is 62.0 Å². The topological polar surface area (TPSA) is 103 Å². The van der Waals surface area contributed by atoms with Crippen molar-refractivity contribution in [2.24, 2.45) is 0 Å². The molecule has 9 heteroatoms. The molecule has 1 aromatic heterocycles. The molecular weight excluding hydrogens is 450 g/mol. The Morgan fingerprint density at radius 3 is 2.47 bits per heavy atom. The van der Waals surface area contributed by atoms with Gasteiger partial charge in [-0.25, -0.2) is 4.79 Å². The van der Waals surface area contributed by atoms with Crippen LogP contribution in [0.2, 0.25) is 0 Å². The Labute approximate surface area is 206 Å². The summed E-state index contributed by atoms with van der Waals surface area (Å²) in [6.07, 6.45) is 1.15. The summed E-state index contributed by atoms with van der Waals surface area (Å²) >= 11 is 1.37. The average Bonchev–Trinajstić information content (AvgIpc) is 3.25. The van der Waals surface area contributed by atoms with Crippen LogP contribution in [0.4, 0.5) is 10.5 Å². The van der Waals surface area contributed by atoms with Crippen LogP contribution >= 0.6 is 11.3 Å². The third kappa shape index (κ3) is 8.79. The molecule has 1 aromatic carbocycles. The first-order chi connectivity index (χ1) is 16.2. The van der Waals surface area contributed by atoms with Crippen LogP contribution in [0.1, 0.15) is 45.9 Å². The largest absolute Gasteiger partial charge is 0.339 e. The van der Waals surface area contributed by atoms with Crippen molar-refractivity contribution in [3.05, 3.63) is 51.2 Å². The molecule has 0 aliphatic heterocycles. The van der Waals surface area contributed by atoms with Crippen LogP contribution in [0.5, 0.6) is 0 Å². The summed E-state index contributed by atoms with van der Waals surface area (Å²) in [4.78, 5) is 41.4. The molecule has 8 nitrogen and oxygen atoms in total. The van der Waals surface area contributed by atoms with E-state index in [0.717, 1.165) is 24.4 Å². The molecule has 34 heavy (non-hydrogen) atoms. The minimum atomic E-state index is -0.798. The highest BCUT2D eigenvalue weighted by molar-refractivity contribution is 7.13. The second-order valence-corrected chi connectivity index (χ2v) is 9.58. The lowest BCUT2D eigenvalue weighted by Gasteiger charge is -2.20. The molecule has 0 radical (unpaired) electrons. The Hall–Kier alpha value is -2.91. The maximum Gasteiger partial charge on any atom is 0.314 e. The maximum absolute atomic E-state index is 13.1. The van der Waals surface area contributed by atoms with Crippen LogP contribution in [0.15, 0.2) is 30.3 Å². The van der Waals surface area contributed by atoms with Gasteiger partial charge in [0.2, 0.25) is 5.91 Å². The number of anilines is 1. The lowest BCUT2D eigenvalue weighted by Crippen LogP contribution is -2.46. The molecule has 0 saturated carbocycles. The first-order valence-corrected chi connectivity index (χ1v) is 12.5. The lowest BCUT2D eigenvalue weighted by molar-refractivity contribution is -0.118. The summed E-state index contributed by atoms with van der Waals surface area (Å²) in [5, 5.41) is 11.1. The van der Waals surface area contributed by atoms with Crippen molar-refractivity contribution in [2.75, 3.05) is 38.5 Å². The van der Waals surface area contributed by atoms with Crippen molar-refractivity contribution >= 4 is 34.9 Å². The van der Waals surface area contributed by atoms with Gasteiger partial charge in [-0.1, -0.05) is 13.0 Å². The first-order valence-electron chi connectivity index (χ1n) is 11.7. The highest BCUT2D eigenvalue weighted by Gasteiger charge is 2.22. The van der Waals surface area contributed by atoms with Gasteiger partial charge in [-0.05, 0) is 82.6 Å². The van der Waals surface area contributed by atoms with Crippen molar-refractivity contribution in [1.29, 1.82) is 0 Å². The van der Waals surface area contributed by atoms with Gasteiger partial charge in [0.25, 0.3) is 5.91 Å². The zero-order chi connectivity index (χ0) is 25.1. The summed E-state index contributed by atoms with van der Waals surface area (Å²) in [7, 11) is 2.08. The van der Waals surface area contributed by atoms with Crippen molar-refractivity contribution in [2.45, 2.75) is 46.6 Å². The summed E-state index contributed by atoms with van der Waals surface area (Å²) in [5.74, 6) is -0.622. The van der Waals surface area contributed by atoms with E-state index in [0.29, 0.717) is 17.1 Å². The van der Waals surface area contributed by atoms with Gasteiger partial charge in [0, 0.05) is 30.2 Å². The lowest BCUT2D eigenvalue weighted by atomic mass is 10.0. The van der Waals surface area contributed by atoms with E-state index >= 15 is 0 Å². The van der Waals surface area contributed by atoms with Crippen LogP contribution in [0.25, 0.3) is 0 Å². The van der Waals surface area contributed by atoms with Crippen LogP contribution in [0, 0.1) is 13.8 Å². The molecule has 1 heterocycles. The zero-order valence-corrected chi connectivity index (χ0v) is 21.6. The van der Waals surface area contributed by atoms with Gasteiger partial charge in [0.1, 0.15) is 6.04 Å². The molecule has 2 aromatic rings. The Kier molecular flexibility index (Phi) is 11.0. The molecule has 0 spiro atoms. The van der Waals surface area contributed by atoms with Crippen molar-refractivity contribution in [3.8, 4) is 0 Å². The summed E-state index contributed by atoms with van der Waals surface area (Å²) in [5.41, 5.74) is 3.03. The third-order valence-electron chi connectivity index (χ3n) is 5.56. The predicted octanol–water partition coefficient (Wildman–Crippen LogP) is 3.31. The van der Waals surface area contributed by atoms with Crippen LogP contribution in [-0.2, 0) is 11.2 Å². The van der Waals surface area contributed by atoms with Crippen molar-refractivity contribution in [3.63, 3.8) is 0 Å². The minimum Gasteiger partial charge on any atom is -0.339 e. The molecule has 0 unspecified atom stereocenters. The number of nitrogens with one attached hydrogen (secondary N) is 4.